The topological polar surface area (TPSA) is 203 Å². The van der Waals surface area contributed by atoms with Gasteiger partial charge in [0, 0.05) is 6.42 Å². The van der Waals surface area contributed by atoms with E-state index in [0.29, 0.717) is 6.42 Å². The number of cyclic esters (lactones) is 1. The van der Waals surface area contributed by atoms with Gasteiger partial charge >= 0.3 is 5.97 Å². The average molecular weight is 549 g/mol. The maximum absolute atomic E-state index is 12.4. The van der Waals surface area contributed by atoms with Gasteiger partial charge in [-0.15, -0.1) is 0 Å². The molecule has 7 N–H and O–H groups in total. The van der Waals surface area contributed by atoms with Crippen molar-refractivity contribution in [3.05, 3.63) is 11.5 Å². The molecule has 0 aromatic heterocycles. The Balaban J connectivity index is 1.78. The fourth-order valence-corrected chi connectivity index (χ4v) is 4.55. The number of hydrogen-bond acceptors (Lipinski definition) is 12. The van der Waals surface area contributed by atoms with Gasteiger partial charge in [-0.3, -0.25) is 4.79 Å². The molecule has 0 aliphatic carbocycles. The van der Waals surface area contributed by atoms with Gasteiger partial charge in [0.1, 0.15) is 36.6 Å². The zero-order valence-electron chi connectivity index (χ0n) is 22.0. The van der Waals surface area contributed by atoms with Crippen molar-refractivity contribution in [3.63, 3.8) is 0 Å². The number of Topliss-reactive ketones (excluding diaryl/α,β-unsaturated/α-hetero) is 1. The number of unbranched alkanes of at least 4 members (excludes halogenated alkanes) is 10. The molecule has 2 aliphatic heterocycles. The normalized spacial score (nSPS) is 29.3. The first-order valence-electron chi connectivity index (χ1n) is 13.6. The van der Waals surface area contributed by atoms with Crippen LogP contribution in [-0.4, -0.2) is 103 Å². The number of hydrogen-bond donors (Lipinski definition) is 7. The summed E-state index contributed by atoms with van der Waals surface area (Å²) in [5.41, 5.74) is 0. The van der Waals surface area contributed by atoms with E-state index in [-0.39, 0.29) is 6.42 Å². The third-order valence-corrected chi connectivity index (χ3v) is 6.99. The third-order valence-electron chi connectivity index (χ3n) is 6.99. The highest BCUT2D eigenvalue weighted by Gasteiger charge is 2.49. The van der Waals surface area contributed by atoms with E-state index in [1.165, 1.54) is 38.5 Å². The van der Waals surface area contributed by atoms with Crippen molar-refractivity contribution >= 4 is 11.8 Å². The molecule has 0 saturated carbocycles. The fourth-order valence-electron chi connectivity index (χ4n) is 4.55. The van der Waals surface area contributed by atoms with Crippen LogP contribution in [0.3, 0.4) is 0 Å². The maximum Gasteiger partial charge on any atom is 0.378 e. The van der Waals surface area contributed by atoms with Crippen LogP contribution in [-0.2, 0) is 23.8 Å². The molecule has 0 amide bonds. The average Bonchev–Trinajstić information content (AvgIpc) is 3.19. The number of carbonyl (C=O) groups is 2. The predicted octanol–water partition coefficient (Wildman–Crippen LogP) is 0.490. The Bertz CT molecular complexity index is 769. The molecule has 2 rings (SSSR count). The minimum Gasteiger partial charge on any atom is -0.505 e. The molecule has 2 heterocycles. The van der Waals surface area contributed by atoms with Crippen LogP contribution in [0.25, 0.3) is 0 Å². The molecule has 38 heavy (non-hydrogen) atoms. The first kappa shape index (κ1) is 32.4. The quantitative estimate of drug-likeness (QED) is 0.0924. The maximum atomic E-state index is 12.4. The van der Waals surface area contributed by atoms with E-state index >= 15 is 0 Å². The largest absolute Gasteiger partial charge is 0.505 e. The summed E-state index contributed by atoms with van der Waals surface area (Å²) in [6.45, 7) is 1.45. The Morgan fingerprint density at radius 1 is 0.895 bits per heavy atom. The molecule has 2 aliphatic rings. The standard InChI is InChI=1S/C26H44O12/c1-2-3-4-5-6-7-8-9-10-11-12-13-15(28)17(29)20(32)23-22(34)24(25(35)37-23)38-26-21(33)19(31)18(30)16(14-27)36-26/h16-21,23,26-27,29-34H,2-14H2,1H3/t16-,17?,18-,19+,20+,21-,23-,26-/m1/s1. The van der Waals surface area contributed by atoms with Gasteiger partial charge in [0.2, 0.25) is 12.0 Å². The van der Waals surface area contributed by atoms with Gasteiger partial charge in [0.15, 0.2) is 17.6 Å². The summed E-state index contributed by atoms with van der Waals surface area (Å²) in [4.78, 5) is 24.6. The first-order valence-corrected chi connectivity index (χ1v) is 13.6. The van der Waals surface area contributed by atoms with E-state index in [0.717, 1.165) is 25.7 Å². The van der Waals surface area contributed by atoms with Crippen LogP contribution < -0.4 is 0 Å². The van der Waals surface area contributed by atoms with Crippen LogP contribution in [0.2, 0.25) is 0 Å². The monoisotopic (exact) mass is 548 g/mol. The van der Waals surface area contributed by atoms with Crippen LogP contribution in [0.1, 0.15) is 84.0 Å². The van der Waals surface area contributed by atoms with Gasteiger partial charge in [-0.2, -0.15) is 0 Å². The van der Waals surface area contributed by atoms with E-state index in [4.69, 9.17) is 14.2 Å². The summed E-state index contributed by atoms with van der Waals surface area (Å²) in [6, 6.07) is 0. The lowest BCUT2D eigenvalue weighted by atomic mass is 9.98. The summed E-state index contributed by atoms with van der Waals surface area (Å²) < 4.78 is 15.1. The molecular formula is C26H44O12. The molecule has 0 radical (unpaired) electrons. The van der Waals surface area contributed by atoms with Crippen LogP contribution in [0, 0.1) is 0 Å². The van der Waals surface area contributed by atoms with E-state index in [1.807, 2.05) is 0 Å². The summed E-state index contributed by atoms with van der Waals surface area (Å²) in [7, 11) is 0. The molecule has 0 aromatic rings. The molecule has 0 aromatic carbocycles. The van der Waals surface area contributed by atoms with Crippen LogP contribution in [0.15, 0.2) is 11.5 Å². The van der Waals surface area contributed by atoms with E-state index < -0.39 is 78.9 Å². The minimum atomic E-state index is -1.98. The van der Waals surface area contributed by atoms with Crippen molar-refractivity contribution < 1.29 is 59.5 Å². The number of aliphatic hydroxyl groups is 7. The second-order valence-corrected chi connectivity index (χ2v) is 10.0. The van der Waals surface area contributed by atoms with Crippen LogP contribution >= 0.6 is 0 Å². The zero-order valence-corrected chi connectivity index (χ0v) is 22.0. The van der Waals surface area contributed by atoms with Gasteiger partial charge in [-0.1, -0.05) is 71.1 Å². The molecule has 8 atom stereocenters. The Labute approximate surface area is 222 Å². The van der Waals surface area contributed by atoms with Crippen molar-refractivity contribution in [1.82, 2.24) is 0 Å². The van der Waals surface area contributed by atoms with Gasteiger partial charge in [0.25, 0.3) is 0 Å². The van der Waals surface area contributed by atoms with Crippen molar-refractivity contribution in [1.29, 1.82) is 0 Å². The van der Waals surface area contributed by atoms with Crippen molar-refractivity contribution in [3.8, 4) is 0 Å². The summed E-state index contributed by atoms with van der Waals surface area (Å²) in [5.74, 6) is -3.75. The fraction of sp³-hybridized carbons (Fsp3) is 0.846. The number of rotatable bonds is 18. The van der Waals surface area contributed by atoms with Crippen molar-refractivity contribution in [2.75, 3.05) is 6.61 Å². The number of esters is 1. The minimum absolute atomic E-state index is 0.00855. The van der Waals surface area contributed by atoms with E-state index in [2.05, 4.69) is 6.92 Å². The molecular weight excluding hydrogens is 504 g/mol. The Morgan fingerprint density at radius 3 is 2.00 bits per heavy atom. The van der Waals surface area contributed by atoms with Crippen LogP contribution in [0.4, 0.5) is 0 Å². The molecule has 1 fully saturated rings. The van der Waals surface area contributed by atoms with Gasteiger partial charge in [-0.05, 0) is 6.42 Å². The summed E-state index contributed by atoms with van der Waals surface area (Å²) in [5, 5.41) is 70.1. The molecule has 220 valence electrons. The van der Waals surface area contributed by atoms with Gasteiger partial charge < -0.3 is 50.0 Å². The number of aliphatic hydroxyl groups excluding tert-OH is 7. The van der Waals surface area contributed by atoms with E-state index in [1.54, 1.807) is 0 Å². The Kier molecular flexibility index (Phi) is 13.9. The lowest BCUT2D eigenvalue weighted by Crippen LogP contribution is -2.59. The van der Waals surface area contributed by atoms with Gasteiger partial charge in [-0.25, -0.2) is 4.79 Å². The molecule has 1 unspecified atom stereocenters. The third kappa shape index (κ3) is 8.87. The molecule has 12 heteroatoms. The smallest absolute Gasteiger partial charge is 0.378 e. The van der Waals surface area contributed by atoms with Crippen LogP contribution in [0.5, 0.6) is 0 Å². The van der Waals surface area contributed by atoms with Crippen molar-refractivity contribution in [2.45, 2.75) is 133 Å². The Morgan fingerprint density at radius 2 is 1.45 bits per heavy atom. The number of ketones is 1. The summed E-state index contributed by atoms with van der Waals surface area (Å²) >= 11 is 0. The van der Waals surface area contributed by atoms with Gasteiger partial charge in [0.05, 0.1) is 6.61 Å². The SMILES string of the molecule is CCCCCCCCCCCCCC(=O)C(O)[C@H](O)[C@H]1OC(=O)C(O[C@H]2O[C@H](CO)[C@@H](O)[C@H](O)[C@H]2O)=C1O. The molecule has 1 saturated heterocycles. The number of ether oxygens (including phenoxy) is 3. The highest BCUT2D eigenvalue weighted by atomic mass is 16.7. The second-order valence-electron chi connectivity index (χ2n) is 10.0. The van der Waals surface area contributed by atoms with E-state index in [9.17, 15) is 45.3 Å². The van der Waals surface area contributed by atoms with Crippen molar-refractivity contribution in [2.24, 2.45) is 0 Å². The zero-order chi connectivity index (χ0) is 28.2. The lowest BCUT2D eigenvalue weighted by Gasteiger charge is -2.39. The highest BCUT2D eigenvalue weighted by Crippen LogP contribution is 2.30. The molecule has 0 spiro atoms. The highest BCUT2D eigenvalue weighted by molar-refractivity contribution is 5.90. The number of carbonyl (C=O) groups excluding carboxylic acids is 2. The summed E-state index contributed by atoms with van der Waals surface area (Å²) in [6.07, 6.45) is -2.11. The molecule has 0 bridgehead atoms. The second kappa shape index (κ2) is 16.3. The predicted molar refractivity (Wildman–Crippen MR) is 132 cm³/mol. The Hall–Kier alpha value is -1.80. The molecule has 12 nitrogen and oxygen atoms in total. The lowest BCUT2D eigenvalue weighted by molar-refractivity contribution is -0.291. The first-order chi connectivity index (χ1) is 18.1.